The number of hydrogen-bond donors (Lipinski definition) is 1. The summed E-state index contributed by atoms with van der Waals surface area (Å²) in [5.74, 6) is 0.262. The van der Waals surface area contributed by atoms with Gasteiger partial charge in [-0.25, -0.2) is 14.4 Å². The number of aromatic nitrogens is 4. The molecule has 2 rings (SSSR count). The van der Waals surface area contributed by atoms with E-state index in [4.69, 9.17) is 0 Å². The Labute approximate surface area is 105 Å². The second-order valence-electron chi connectivity index (χ2n) is 4.35. The summed E-state index contributed by atoms with van der Waals surface area (Å²) in [4.78, 5) is 8.29. The number of hydrogen-bond acceptors (Lipinski definition) is 4. The van der Waals surface area contributed by atoms with E-state index in [2.05, 4.69) is 20.4 Å². The number of aryl methyl sites for hydroxylation is 1. The van der Waals surface area contributed by atoms with Gasteiger partial charge in [0, 0.05) is 19.3 Å². The van der Waals surface area contributed by atoms with Crippen LogP contribution in [0.15, 0.2) is 12.4 Å². The Morgan fingerprint density at radius 1 is 1.33 bits per heavy atom. The quantitative estimate of drug-likeness (QED) is 0.907. The van der Waals surface area contributed by atoms with E-state index in [-0.39, 0.29) is 11.9 Å². The number of anilines is 1. The van der Waals surface area contributed by atoms with Crippen LogP contribution in [0.25, 0.3) is 11.4 Å². The van der Waals surface area contributed by atoms with Crippen LogP contribution in [0.4, 0.5) is 10.2 Å². The van der Waals surface area contributed by atoms with E-state index in [0.717, 1.165) is 5.56 Å². The highest BCUT2D eigenvalue weighted by Crippen LogP contribution is 2.21. The van der Waals surface area contributed by atoms with Crippen LogP contribution < -0.4 is 5.32 Å². The fourth-order valence-electron chi connectivity index (χ4n) is 1.59. The molecular weight excluding hydrogens is 233 g/mol. The zero-order valence-corrected chi connectivity index (χ0v) is 10.9. The van der Waals surface area contributed by atoms with Crippen molar-refractivity contribution in [2.45, 2.75) is 26.8 Å². The molecule has 0 amide bonds. The largest absolute Gasteiger partial charge is 0.371 e. The highest BCUT2D eigenvalue weighted by Gasteiger charge is 2.13. The number of nitrogens with one attached hydrogen (secondary N) is 1. The standard InChI is InChI=1S/C12H16FN5/c1-7(2)18-6-9(5-15-18)11-16-8(3)10(13)12(14-4)17-11/h5-7H,1-4H3,(H,14,16,17). The molecule has 2 aromatic rings. The van der Waals surface area contributed by atoms with Crippen molar-refractivity contribution in [2.24, 2.45) is 0 Å². The predicted octanol–water partition coefficient (Wildman–Crippen LogP) is 2.41. The number of rotatable bonds is 3. The van der Waals surface area contributed by atoms with Crippen molar-refractivity contribution in [1.29, 1.82) is 0 Å². The summed E-state index contributed by atoms with van der Waals surface area (Å²) in [6.45, 7) is 5.69. The summed E-state index contributed by atoms with van der Waals surface area (Å²) in [6, 6.07) is 0.268. The molecule has 0 fully saturated rings. The van der Waals surface area contributed by atoms with Crippen LogP contribution in [0.1, 0.15) is 25.6 Å². The van der Waals surface area contributed by atoms with Gasteiger partial charge in [-0.3, -0.25) is 4.68 Å². The average molecular weight is 249 g/mol. The van der Waals surface area contributed by atoms with Crippen LogP contribution in [0.2, 0.25) is 0 Å². The fourth-order valence-corrected chi connectivity index (χ4v) is 1.59. The lowest BCUT2D eigenvalue weighted by Crippen LogP contribution is -2.03. The lowest BCUT2D eigenvalue weighted by Gasteiger charge is -2.06. The number of nitrogens with zero attached hydrogens (tertiary/aromatic N) is 4. The lowest BCUT2D eigenvalue weighted by atomic mass is 10.3. The smallest absolute Gasteiger partial charge is 0.186 e. The molecule has 0 aromatic carbocycles. The highest BCUT2D eigenvalue weighted by molar-refractivity contribution is 5.56. The van der Waals surface area contributed by atoms with Gasteiger partial charge in [0.2, 0.25) is 0 Å². The van der Waals surface area contributed by atoms with Gasteiger partial charge in [-0.05, 0) is 20.8 Å². The Morgan fingerprint density at radius 3 is 2.61 bits per heavy atom. The zero-order chi connectivity index (χ0) is 13.3. The maximum atomic E-state index is 13.6. The summed E-state index contributed by atoms with van der Waals surface area (Å²) >= 11 is 0. The molecule has 0 atom stereocenters. The topological polar surface area (TPSA) is 55.6 Å². The summed E-state index contributed by atoms with van der Waals surface area (Å²) in [5.41, 5.74) is 1.10. The Kier molecular flexibility index (Phi) is 3.27. The molecule has 0 aliphatic heterocycles. The molecule has 2 aromatic heterocycles. The van der Waals surface area contributed by atoms with E-state index in [1.54, 1.807) is 20.2 Å². The van der Waals surface area contributed by atoms with Gasteiger partial charge < -0.3 is 5.32 Å². The minimum atomic E-state index is -0.419. The summed E-state index contributed by atoms with van der Waals surface area (Å²) in [7, 11) is 1.63. The molecule has 0 unspecified atom stereocenters. The molecule has 18 heavy (non-hydrogen) atoms. The van der Waals surface area contributed by atoms with Gasteiger partial charge >= 0.3 is 0 Å². The van der Waals surface area contributed by atoms with E-state index in [1.165, 1.54) is 0 Å². The van der Waals surface area contributed by atoms with Crippen molar-refractivity contribution < 1.29 is 4.39 Å². The Morgan fingerprint density at radius 2 is 2.06 bits per heavy atom. The highest BCUT2D eigenvalue weighted by atomic mass is 19.1. The van der Waals surface area contributed by atoms with Gasteiger partial charge in [-0.1, -0.05) is 0 Å². The van der Waals surface area contributed by atoms with E-state index in [1.807, 2.05) is 24.7 Å². The second kappa shape index (κ2) is 4.72. The third kappa shape index (κ3) is 2.18. The van der Waals surface area contributed by atoms with Crippen molar-refractivity contribution >= 4 is 5.82 Å². The normalized spacial score (nSPS) is 11.0. The molecule has 0 saturated heterocycles. The zero-order valence-electron chi connectivity index (χ0n) is 10.9. The third-order valence-electron chi connectivity index (χ3n) is 2.64. The molecule has 96 valence electrons. The second-order valence-corrected chi connectivity index (χ2v) is 4.35. The fraction of sp³-hybridized carbons (Fsp3) is 0.417. The monoisotopic (exact) mass is 249 g/mol. The summed E-state index contributed by atoms with van der Waals surface area (Å²) in [6.07, 6.45) is 3.54. The summed E-state index contributed by atoms with van der Waals surface area (Å²) < 4.78 is 15.4. The Balaban J connectivity index is 2.47. The molecule has 5 nitrogen and oxygen atoms in total. The van der Waals surface area contributed by atoms with Crippen molar-refractivity contribution in [3.63, 3.8) is 0 Å². The average Bonchev–Trinajstić information content (AvgIpc) is 2.82. The summed E-state index contributed by atoms with van der Waals surface area (Å²) in [5, 5.41) is 6.94. The van der Waals surface area contributed by atoms with Crippen LogP contribution >= 0.6 is 0 Å². The van der Waals surface area contributed by atoms with Crippen LogP contribution in [-0.4, -0.2) is 26.8 Å². The van der Waals surface area contributed by atoms with Crippen LogP contribution in [0.3, 0.4) is 0 Å². The van der Waals surface area contributed by atoms with E-state index in [9.17, 15) is 4.39 Å². The van der Waals surface area contributed by atoms with Gasteiger partial charge in [-0.15, -0.1) is 0 Å². The molecule has 1 N–H and O–H groups in total. The van der Waals surface area contributed by atoms with Gasteiger partial charge in [0.1, 0.15) is 0 Å². The molecule has 0 bridgehead atoms. The van der Waals surface area contributed by atoms with E-state index in [0.29, 0.717) is 11.5 Å². The van der Waals surface area contributed by atoms with Crippen molar-refractivity contribution in [2.75, 3.05) is 12.4 Å². The maximum Gasteiger partial charge on any atom is 0.186 e. The maximum absolute atomic E-state index is 13.6. The molecule has 0 aliphatic rings. The van der Waals surface area contributed by atoms with Gasteiger partial charge in [0.05, 0.1) is 17.5 Å². The van der Waals surface area contributed by atoms with Crippen molar-refractivity contribution in [1.82, 2.24) is 19.7 Å². The van der Waals surface area contributed by atoms with Crippen LogP contribution in [0.5, 0.6) is 0 Å². The van der Waals surface area contributed by atoms with E-state index < -0.39 is 5.82 Å². The molecule has 0 radical (unpaired) electrons. The predicted molar refractivity (Wildman–Crippen MR) is 67.9 cm³/mol. The van der Waals surface area contributed by atoms with Crippen molar-refractivity contribution in [3.05, 3.63) is 23.9 Å². The first-order valence-corrected chi connectivity index (χ1v) is 5.79. The Hall–Kier alpha value is -1.98. The molecule has 0 aliphatic carbocycles. The van der Waals surface area contributed by atoms with Gasteiger partial charge in [-0.2, -0.15) is 5.10 Å². The van der Waals surface area contributed by atoms with Gasteiger partial charge in [0.15, 0.2) is 17.5 Å². The molecule has 0 saturated carbocycles. The first-order chi connectivity index (χ1) is 8.52. The Bertz CT molecular complexity index is 562. The van der Waals surface area contributed by atoms with Crippen LogP contribution in [0, 0.1) is 12.7 Å². The molecular formula is C12H16FN5. The van der Waals surface area contributed by atoms with E-state index >= 15 is 0 Å². The minimum absolute atomic E-state index is 0.204. The molecule has 2 heterocycles. The SMILES string of the molecule is CNc1nc(-c2cnn(C(C)C)c2)nc(C)c1F. The molecule has 6 heteroatoms. The van der Waals surface area contributed by atoms with Crippen molar-refractivity contribution in [3.8, 4) is 11.4 Å². The molecule has 0 spiro atoms. The number of halogens is 1. The minimum Gasteiger partial charge on any atom is -0.371 e. The van der Waals surface area contributed by atoms with Crippen LogP contribution in [-0.2, 0) is 0 Å². The lowest BCUT2D eigenvalue weighted by molar-refractivity contribution is 0.532. The first kappa shape index (κ1) is 12.5. The first-order valence-electron chi connectivity index (χ1n) is 5.79. The third-order valence-corrected chi connectivity index (χ3v) is 2.64. The van der Waals surface area contributed by atoms with Gasteiger partial charge in [0.25, 0.3) is 0 Å².